The van der Waals surface area contributed by atoms with Gasteiger partial charge in [0.05, 0.1) is 26.4 Å². The Morgan fingerprint density at radius 1 is 0.274 bits per heavy atom. The molecule has 0 saturated carbocycles. The number of carbonyl (C=O) groups is 4. The lowest BCUT2D eigenvalue weighted by molar-refractivity contribution is -0.161. The monoisotopic (exact) mass is 1530 g/mol. The second kappa shape index (κ2) is 78.1. The molecule has 0 bridgehead atoms. The fourth-order valence-electron chi connectivity index (χ4n) is 10.5. The van der Waals surface area contributed by atoms with E-state index in [2.05, 4.69) is 161 Å². The average Bonchev–Trinajstić information content (AvgIpc) is 0.933. The van der Waals surface area contributed by atoms with E-state index in [1.54, 1.807) is 0 Å². The Morgan fingerprint density at radius 2 is 0.509 bits per heavy atom. The van der Waals surface area contributed by atoms with Gasteiger partial charge in [0.15, 0.2) is 12.2 Å². The van der Waals surface area contributed by atoms with Gasteiger partial charge in [-0.2, -0.15) is 0 Å². The third-order valence-electron chi connectivity index (χ3n) is 16.8. The van der Waals surface area contributed by atoms with Crippen molar-refractivity contribution in [3.05, 3.63) is 146 Å². The molecule has 0 aromatic rings. The minimum atomic E-state index is -5.00. The first-order valence-electron chi connectivity index (χ1n) is 41.1. The summed E-state index contributed by atoms with van der Waals surface area (Å²) in [6.07, 6.45) is 89.8. The quantitative estimate of drug-likeness (QED) is 0.0169. The first kappa shape index (κ1) is 101. The topological polar surface area (TPSA) is 237 Å². The molecule has 0 aliphatic heterocycles. The summed E-state index contributed by atoms with van der Waals surface area (Å²) in [5.74, 6) is -2.33. The molecule has 0 aromatic carbocycles. The van der Waals surface area contributed by atoms with Crippen molar-refractivity contribution in [1.29, 1.82) is 0 Å². The van der Waals surface area contributed by atoms with Gasteiger partial charge in [-0.15, -0.1) is 0 Å². The van der Waals surface area contributed by atoms with Gasteiger partial charge < -0.3 is 33.8 Å². The Balaban J connectivity index is 5.45. The number of esters is 4. The Kier molecular flexibility index (Phi) is 74.3. The average molecular weight is 1530 g/mol. The summed E-state index contributed by atoms with van der Waals surface area (Å²) in [7, 11) is -10.00. The highest BCUT2D eigenvalue weighted by molar-refractivity contribution is 7.47. The lowest BCUT2D eigenvalue weighted by Gasteiger charge is -2.21. The molecule has 19 heteroatoms. The van der Waals surface area contributed by atoms with E-state index >= 15 is 0 Å². The summed E-state index contributed by atoms with van der Waals surface area (Å²) in [6, 6.07) is 0. The summed E-state index contributed by atoms with van der Waals surface area (Å²) in [6.45, 7) is 4.58. The van der Waals surface area contributed by atoms with E-state index in [9.17, 15) is 43.2 Å². The number of carbonyl (C=O) groups excluding carboxylic acids is 4. The Labute approximate surface area is 643 Å². The van der Waals surface area contributed by atoms with Gasteiger partial charge in [0.2, 0.25) is 0 Å². The van der Waals surface area contributed by atoms with Crippen LogP contribution >= 0.6 is 15.6 Å². The van der Waals surface area contributed by atoms with E-state index in [1.807, 2.05) is 12.2 Å². The highest BCUT2D eigenvalue weighted by Gasteiger charge is 2.30. The van der Waals surface area contributed by atoms with Crippen molar-refractivity contribution in [1.82, 2.24) is 0 Å². The molecule has 0 amide bonds. The van der Waals surface area contributed by atoms with Crippen LogP contribution in [0.1, 0.15) is 323 Å². The number of hydrogen-bond donors (Lipinski definition) is 3. The van der Waals surface area contributed by atoms with Gasteiger partial charge in [-0.05, 0) is 161 Å². The SMILES string of the molecule is CC/C=C\C/C=C\C/C=C\C/C=C\C/C=C\CCCCCC(=O)OC[C@H](COP(=O)(O)OC[C@@H](O)COP(=O)(O)OC[C@@H](COC(=O)CC/C=C\C/C=C\C/C=C\C/C=C\C/C=C\CCCCC)OC(=O)CCCCCCC/C=C\CCCCCC)OC(=O)CCCCCCC/C=C\CCCCCCCC. The Bertz CT molecular complexity index is 2580. The molecule has 0 saturated heterocycles. The maximum atomic E-state index is 13.1. The molecule has 0 radical (unpaired) electrons. The smallest absolute Gasteiger partial charge is 0.462 e. The van der Waals surface area contributed by atoms with Crippen LogP contribution in [0.3, 0.4) is 0 Å². The highest BCUT2D eigenvalue weighted by Crippen LogP contribution is 2.45. The summed E-state index contributed by atoms with van der Waals surface area (Å²) < 4.78 is 68.5. The van der Waals surface area contributed by atoms with Crippen LogP contribution in [-0.2, 0) is 65.4 Å². The fraction of sp³-hybridized carbons (Fsp3) is 0.678. The second-order valence-electron chi connectivity index (χ2n) is 27.0. The summed E-state index contributed by atoms with van der Waals surface area (Å²) >= 11 is 0. The van der Waals surface area contributed by atoms with Crippen LogP contribution in [0.4, 0.5) is 0 Å². The number of phosphoric ester groups is 2. The van der Waals surface area contributed by atoms with Crippen molar-refractivity contribution in [2.24, 2.45) is 0 Å². The molecule has 5 atom stereocenters. The van der Waals surface area contributed by atoms with E-state index in [0.29, 0.717) is 32.1 Å². The lowest BCUT2D eigenvalue weighted by atomic mass is 10.1. The minimum absolute atomic E-state index is 0.0329. The molecule has 0 fully saturated rings. The van der Waals surface area contributed by atoms with Crippen molar-refractivity contribution in [3.63, 3.8) is 0 Å². The van der Waals surface area contributed by atoms with Gasteiger partial charge in [-0.1, -0.05) is 283 Å². The van der Waals surface area contributed by atoms with E-state index in [4.69, 9.17) is 37.0 Å². The summed E-state index contributed by atoms with van der Waals surface area (Å²) in [4.78, 5) is 73.0. The van der Waals surface area contributed by atoms with Crippen molar-refractivity contribution < 1.29 is 80.2 Å². The van der Waals surface area contributed by atoms with Crippen LogP contribution in [0, 0.1) is 0 Å². The molecule has 0 rings (SSSR count). The highest BCUT2D eigenvalue weighted by atomic mass is 31.2. The first-order valence-corrected chi connectivity index (χ1v) is 44.1. The molecule has 0 heterocycles. The number of unbranched alkanes of at least 4 members (excludes halogenated alkanes) is 26. The third-order valence-corrected chi connectivity index (χ3v) is 18.7. The summed E-state index contributed by atoms with van der Waals surface area (Å²) in [5, 5.41) is 10.6. The molecule has 3 N–H and O–H groups in total. The van der Waals surface area contributed by atoms with Gasteiger partial charge in [0, 0.05) is 25.7 Å². The van der Waals surface area contributed by atoms with Gasteiger partial charge in [0.25, 0.3) is 0 Å². The van der Waals surface area contributed by atoms with Crippen molar-refractivity contribution in [2.75, 3.05) is 39.6 Å². The van der Waals surface area contributed by atoms with Crippen LogP contribution in [0.25, 0.3) is 0 Å². The molecule has 0 aliphatic carbocycles. The number of phosphoric acid groups is 2. The van der Waals surface area contributed by atoms with E-state index < -0.39 is 97.5 Å². The van der Waals surface area contributed by atoms with Crippen LogP contribution in [0.2, 0.25) is 0 Å². The minimum Gasteiger partial charge on any atom is -0.462 e. The zero-order chi connectivity index (χ0) is 77.4. The molecule has 17 nitrogen and oxygen atoms in total. The third kappa shape index (κ3) is 77.1. The standard InChI is InChI=1S/C87H146O17P2/c1-5-9-13-17-21-25-29-33-36-38-40-42-45-48-51-55-59-63-67-71-84(89)97-77-82(103-86(91)73-69-65-61-57-53-47-32-28-24-20-16-12-8-4)79-101-105(93,94)99-75-81(88)76-100-106(95,96)102-80-83(104-87(92)74-70-66-62-58-54-50-44-35-31-27-23-19-15-11-7-3)78-98-85(90)72-68-64-60-56-52-49-46-43-41-39-37-34-30-26-22-18-14-10-6-2/h10,14,21-22,25-26,28,32-37,40-44,48-49,51-52,59,63,81-83,88H,5-9,11-13,15-20,23-24,27,29-31,38-39,45-47,50,53-58,60-62,64-80H2,1-4H3,(H,93,94)(H,95,96)/b14-10-,25-21-,26-22-,32-28-,36-33-,37-34-,42-40-,43-41-,44-35-,51-48-,52-49-,63-59-/t81-,82+,83+/m0/s1. The largest absolute Gasteiger partial charge is 0.472 e. The first-order chi connectivity index (χ1) is 51.7. The van der Waals surface area contributed by atoms with Crippen molar-refractivity contribution >= 4 is 39.5 Å². The molecular formula is C87H146O17P2. The molecule has 606 valence electrons. The van der Waals surface area contributed by atoms with Gasteiger partial charge in [-0.25, -0.2) is 9.13 Å². The van der Waals surface area contributed by atoms with Crippen LogP contribution in [0.15, 0.2) is 146 Å². The van der Waals surface area contributed by atoms with Gasteiger partial charge in [0.1, 0.15) is 19.3 Å². The molecule has 0 aliphatic rings. The fourth-order valence-corrected chi connectivity index (χ4v) is 12.1. The maximum Gasteiger partial charge on any atom is 0.472 e. The number of allylic oxidation sites excluding steroid dienone is 24. The number of ether oxygens (including phenoxy) is 4. The number of aliphatic hydroxyl groups excluding tert-OH is 1. The normalized spacial score (nSPS) is 14.6. The second-order valence-corrected chi connectivity index (χ2v) is 29.9. The maximum absolute atomic E-state index is 13.1. The molecule has 106 heavy (non-hydrogen) atoms. The molecule has 0 aromatic heterocycles. The van der Waals surface area contributed by atoms with Crippen molar-refractivity contribution in [3.8, 4) is 0 Å². The summed E-state index contributed by atoms with van der Waals surface area (Å²) in [5.41, 5.74) is 0. The lowest BCUT2D eigenvalue weighted by Crippen LogP contribution is -2.30. The van der Waals surface area contributed by atoms with Crippen molar-refractivity contribution in [2.45, 2.75) is 341 Å². The van der Waals surface area contributed by atoms with E-state index in [0.717, 1.165) is 154 Å². The predicted octanol–water partition coefficient (Wildman–Crippen LogP) is 24.2. The Morgan fingerprint density at radius 3 is 0.858 bits per heavy atom. The van der Waals surface area contributed by atoms with Crippen LogP contribution < -0.4 is 0 Å². The van der Waals surface area contributed by atoms with Crippen LogP contribution in [-0.4, -0.2) is 96.7 Å². The number of hydrogen-bond acceptors (Lipinski definition) is 15. The van der Waals surface area contributed by atoms with E-state index in [-0.39, 0.29) is 25.7 Å². The zero-order valence-corrected chi connectivity index (χ0v) is 68.1. The zero-order valence-electron chi connectivity index (χ0n) is 66.3. The molecule has 2 unspecified atom stereocenters. The Hall–Kier alpha value is -5.06. The number of rotatable bonds is 76. The number of aliphatic hydroxyl groups is 1. The molecular weight excluding hydrogens is 1380 g/mol. The van der Waals surface area contributed by atoms with Gasteiger partial charge >= 0.3 is 39.5 Å². The van der Waals surface area contributed by atoms with E-state index in [1.165, 1.54) is 83.5 Å². The predicted molar refractivity (Wildman–Crippen MR) is 436 cm³/mol. The van der Waals surface area contributed by atoms with Crippen LogP contribution in [0.5, 0.6) is 0 Å². The van der Waals surface area contributed by atoms with Gasteiger partial charge in [-0.3, -0.25) is 37.3 Å². The molecule has 0 spiro atoms.